The van der Waals surface area contributed by atoms with E-state index >= 15 is 0 Å². The molecule has 0 fully saturated rings. The SMILES string of the molecule is NCCNc1ccc(N)cc1S(=O)(=O)CCOS(=O)(=O)O. The monoisotopic (exact) mass is 339 g/mol. The average molecular weight is 339 g/mol. The van der Waals surface area contributed by atoms with E-state index in [1.807, 2.05) is 0 Å². The summed E-state index contributed by atoms with van der Waals surface area (Å²) in [7, 11) is -8.53. The van der Waals surface area contributed by atoms with Crippen molar-refractivity contribution < 1.29 is 25.6 Å². The quantitative estimate of drug-likeness (QED) is 0.352. The molecule has 0 aliphatic heterocycles. The van der Waals surface area contributed by atoms with Crippen molar-refractivity contribution in [1.29, 1.82) is 0 Å². The minimum atomic E-state index is -4.68. The molecule has 0 aliphatic rings. The molecule has 11 heteroatoms. The lowest BCUT2D eigenvalue weighted by Gasteiger charge is -2.12. The lowest BCUT2D eigenvalue weighted by Crippen LogP contribution is -2.19. The van der Waals surface area contributed by atoms with E-state index in [0.717, 1.165) is 0 Å². The Morgan fingerprint density at radius 3 is 2.48 bits per heavy atom. The van der Waals surface area contributed by atoms with E-state index in [4.69, 9.17) is 16.0 Å². The van der Waals surface area contributed by atoms with Crippen LogP contribution in [0, 0.1) is 0 Å². The van der Waals surface area contributed by atoms with Crippen LogP contribution in [0.25, 0.3) is 0 Å². The highest BCUT2D eigenvalue weighted by Gasteiger charge is 2.20. The number of sulfone groups is 1. The van der Waals surface area contributed by atoms with Gasteiger partial charge in [0.1, 0.15) is 0 Å². The third-order valence-electron chi connectivity index (χ3n) is 2.38. The van der Waals surface area contributed by atoms with E-state index in [-0.39, 0.29) is 10.6 Å². The summed E-state index contributed by atoms with van der Waals surface area (Å²) in [5.74, 6) is -0.631. The van der Waals surface area contributed by atoms with Crippen LogP contribution in [-0.2, 0) is 24.4 Å². The number of nitrogen functional groups attached to an aromatic ring is 1. The molecule has 0 saturated heterocycles. The first kappa shape index (κ1) is 17.7. The summed E-state index contributed by atoms with van der Waals surface area (Å²) in [6.45, 7) is -0.0457. The Labute approximate surface area is 123 Å². The van der Waals surface area contributed by atoms with Gasteiger partial charge in [0.2, 0.25) is 0 Å². The Hall–Kier alpha value is -1.40. The fourth-order valence-electron chi connectivity index (χ4n) is 1.51. The second kappa shape index (κ2) is 7.04. The van der Waals surface area contributed by atoms with Crippen LogP contribution in [0.2, 0.25) is 0 Å². The zero-order valence-electron chi connectivity index (χ0n) is 11.0. The second-order valence-electron chi connectivity index (χ2n) is 4.04. The van der Waals surface area contributed by atoms with Gasteiger partial charge in [-0.1, -0.05) is 0 Å². The molecule has 0 spiro atoms. The maximum Gasteiger partial charge on any atom is 0.397 e. The molecule has 0 aliphatic carbocycles. The standard InChI is InChI=1S/C10H17N3O6S2/c11-3-4-13-9-2-1-8(12)7-10(9)20(14,15)6-5-19-21(16,17)18/h1-2,7,13H,3-6,11-12H2,(H,16,17,18). The highest BCUT2D eigenvalue weighted by atomic mass is 32.3. The number of hydrogen-bond acceptors (Lipinski definition) is 8. The minimum Gasteiger partial charge on any atom is -0.399 e. The van der Waals surface area contributed by atoms with Crippen molar-refractivity contribution in [2.24, 2.45) is 5.73 Å². The summed E-state index contributed by atoms with van der Waals surface area (Å²) < 4.78 is 57.6. The number of benzene rings is 1. The maximum atomic E-state index is 12.2. The van der Waals surface area contributed by atoms with E-state index < -0.39 is 32.6 Å². The number of rotatable bonds is 8. The van der Waals surface area contributed by atoms with Gasteiger partial charge in [-0.15, -0.1) is 0 Å². The lowest BCUT2D eigenvalue weighted by molar-refractivity contribution is 0.284. The third kappa shape index (κ3) is 5.85. The summed E-state index contributed by atoms with van der Waals surface area (Å²) in [5.41, 5.74) is 11.5. The highest BCUT2D eigenvalue weighted by Crippen LogP contribution is 2.25. The second-order valence-corrected chi connectivity index (χ2v) is 7.21. The zero-order chi connectivity index (χ0) is 16.1. The van der Waals surface area contributed by atoms with Gasteiger partial charge in [0, 0.05) is 18.8 Å². The van der Waals surface area contributed by atoms with Gasteiger partial charge in [-0.3, -0.25) is 4.55 Å². The molecular weight excluding hydrogens is 322 g/mol. The summed E-state index contributed by atoms with van der Waals surface area (Å²) in [4.78, 5) is -0.0881. The molecule has 1 aromatic carbocycles. The van der Waals surface area contributed by atoms with E-state index in [1.54, 1.807) is 0 Å². The Morgan fingerprint density at radius 1 is 1.24 bits per heavy atom. The summed E-state index contributed by atoms with van der Waals surface area (Å²) in [5, 5.41) is 2.83. The van der Waals surface area contributed by atoms with Gasteiger partial charge >= 0.3 is 10.4 Å². The summed E-state index contributed by atoms with van der Waals surface area (Å²) >= 11 is 0. The normalized spacial score (nSPS) is 12.3. The van der Waals surface area contributed by atoms with Crippen molar-refractivity contribution in [3.63, 3.8) is 0 Å². The van der Waals surface area contributed by atoms with Gasteiger partial charge in [-0.2, -0.15) is 8.42 Å². The molecule has 0 saturated carbocycles. The number of nitrogens with one attached hydrogen (secondary N) is 1. The predicted molar refractivity (Wildman–Crippen MR) is 78.0 cm³/mol. The van der Waals surface area contributed by atoms with Crippen LogP contribution in [0.4, 0.5) is 11.4 Å². The Morgan fingerprint density at radius 2 is 1.90 bits per heavy atom. The third-order valence-corrected chi connectivity index (χ3v) is 4.56. The molecule has 0 bridgehead atoms. The molecule has 120 valence electrons. The van der Waals surface area contributed by atoms with Crippen LogP contribution in [0.3, 0.4) is 0 Å². The largest absolute Gasteiger partial charge is 0.399 e. The number of nitrogens with two attached hydrogens (primary N) is 2. The molecular formula is C10H17N3O6S2. The van der Waals surface area contributed by atoms with Crippen LogP contribution in [-0.4, -0.2) is 46.8 Å². The van der Waals surface area contributed by atoms with Gasteiger partial charge in [-0.25, -0.2) is 12.6 Å². The molecule has 1 aromatic rings. The minimum absolute atomic E-state index is 0.0881. The van der Waals surface area contributed by atoms with Crippen LogP contribution in [0.1, 0.15) is 0 Å². The Balaban J connectivity index is 2.98. The molecule has 9 nitrogen and oxygen atoms in total. The van der Waals surface area contributed by atoms with E-state index in [9.17, 15) is 16.8 Å². The molecule has 0 atom stereocenters. The molecule has 0 aromatic heterocycles. The molecule has 0 unspecified atom stereocenters. The van der Waals surface area contributed by atoms with Crippen molar-refractivity contribution >= 4 is 31.6 Å². The molecule has 1 rings (SSSR count). The first-order valence-electron chi connectivity index (χ1n) is 5.84. The maximum absolute atomic E-state index is 12.2. The van der Waals surface area contributed by atoms with Gasteiger partial charge in [0.05, 0.1) is 22.9 Å². The van der Waals surface area contributed by atoms with Crippen LogP contribution < -0.4 is 16.8 Å². The average Bonchev–Trinajstić information content (AvgIpc) is 2.35. The fourth-order valence-corrected chi connectivity index (χ4v) is 3.22. The highest BCUT2D eigenvalue weighted by molar-refractivity contribution is 7.91. The van der Waals surface area contributed by atoms with E-state index in [2.05, 4.69) is 9.50 Å². The predicted octanol–water partition coefficient (Wildman–Crippen LogP) is -0.767. The van der Waals surface area contributed by atoms with Gasteiger partial charge in [-0.05, 0) is 18.2 Å². The summed E-state index contributed by atoms with van der Waals surface area (Å²) in [6.07, 6.45) is 0. The van der Waals surface area contributed by atoms with Crippen molar-refractivity contribution in [1.82, 2.24) is 0 Å². The Bertz CT molecular complexity index is 687. The molecule has 0 radical (unpaired) electrons. The first-order valence-corrected chi connectivity index (χ1v) is 8.85. The Kier molecular flexibility index (Phi) is 5.92. The van der Waals surface area contributed by atoms with Crippen molar-refractivity contribution in [2.75, 3.05) is 36.5 Å². The van der Waals surface area contributed by atoms with Gasteiger partial charge < -0.3 is 16.8 Å². The lowest BCUT2D eigenvalue weighted by atomic mass is 10.3. The van der Waals surface area contributed by atoms with Crippen LogP contribution in [0.5, 0.6) is 0 Å². The van der Waals surface area contributed by atoms with Crippen molar-refractivity contribution in [3.05, 3.63) is 18.2 Å². The summed E-state index contributed by atoms with van der Waals surface area (Å²) in [6, 6.07) is 4.26. The van der Waals surface area contributed by atoms with Gasteiger partial charge in [0.25, 0.3) is 0 Å². The van der Waals surface area contributed by atoms with E-state index in [0.29, 0.717) is 18.8 Å². The van der Waals surface area contributed by atoms with Crippen molar-refractivity contribution in [3.8, 4) is 0 Å². The molecule has 21 heavy (non-hydrogen) atoms. The zero-order valence-corrected chi connectivity index (χ0v) is 12.7. The van der Waals surface area contributed by atoms with E-state index in [1.165, 1.54) is 18.2 Å². The van der Waals surface area contributed by atoms with Gasteiger partial charge in [0.15, 0.2) is 9.84 Å². The van der Waals surface area contributed by atoms with Crippen LogP contribution in [0.15, 0.2) is 23.1 Å². The fraction of sp³-hybridized carbons (Fsp3) is 0.400. The van der Waals surface area contributed by atoms with Crippen molar-refractivity contribution in [2.45, 2.75) is 4.90 Å². The molecule has 0 heterocycles. The smallest absolute Gasteiger partial charge is 0.397 e. The molecule has 6 N–H and O–H groups in total. The van der Waals surface area contributed by atoms with Crippen LogP contribution >= 0.6 is 0 Å². The number of anilines is 2. The number of hydrogen-bond donors (Lipinski definition) is 4. The first-order chi connectivity index (χ1) is 9.65. The topological polar surface area (TPSA) is 162 Å². The molecule has 0 amide bonds.